The number of rotatable bonds is 3. The van der Waals surface area contributed by atoms with E-state index in [1.165, 1.54) is 4.52 Å². The standard InChI is InChI=1S/C10H8N6O/c1-3-9-14-15-10(16(9)13-6-1)17-7-8-11-4-2-5-12-8/h1-6H,7H2. The van der Waals surface area contributed by atoms with Crippen molar-refractivity contribution in [2.75, 3.05) is 0 Å². The molecule has 3 aromatic rings. The highest BCUT2D eigenvalue weighted by Gasteiger charge is 2.07. The van der Waals surface area contributed by atoms with Gasteiger partial charge in [-0.3, -0.25) is 0 Å². The lowest BCUT2D eigenvalue weighted by Gasteiger charge is -2.01. The highest BCUT2D eigenvalue weighted by molar-refractivity contribution is 5.35. The molecule has 0 N–H and O–H groups in total. The summed E-state index contributed by atoms with van der Waals surface area (Å²) >= 11 is 0. The molecule has 3 heterocycles. The first-order valence-electron chi connectivity index (χ1n) is 4.98. The smallest absolute Gasteiger partial charge is 0.339 e. The minimum atomic E-state index is 0.234. The average molecular weight is 228 g/mol. The maximum absolute atomic E-state index is 5.45. The summed E-state index contributed by atoms with van der Waals surface area (Å²) in [6, 6.07) is 5.66. The van der Waals surface area contributed by atoms with Gasteiger partial charge in [-0.25, -0.2) is 9.97 Å². The molecule has 0 radical (unpaired) electrons. The van der Waals surface area contributed by atoms with E-state index in [2.05, 4.69) is 25.3 Å². The van der Waals surface area contributed by atoms with Gasteiger partial charge in [0.25, 0.3) is 0 Å². The molecule has 0 aliphatic carbocycles. The minimum Gasteiger partial charge on any atom is -0.454 e. The molecule has 0 amide bonds. The molecule has 0 fully saturated rings. The van der Waals surface area contributed by atoms with E-state index in [9.17, 15) is 0 Å². The van der Waals surface area contributed by atoms with Crippen molar-refractivity contribution in [3.63, 3.8) is 0 Å². The van der Waals surface area contributed by atoms with E-state index < -0.39 is 0 Å². The molecule has 3 rings (SSSR count). The van der Waals surface area contributed by atoms with Crippen molar-refractivity contribution in [3.05, 3.63) is 42.6 Å². The molecule has 0 aliphatic heterocycles. The fraction of sp³-hybridized carbons (Fsp3) is 0.100. The van der Waals surface area contributed by atoms with Crippen molar-refractivity contribution in [2.45, 2.75) is 6.61 Å². The predicted molar refractivity (Wildman–Crippen MR) is 57.1 cm³/mol. The van der Waals surface area contributed by atoms with Crippen molar-refractivity contribution in [3.8, 4) is 6.01 Å². The molecular formula is C10H8N6O. The molecule has 0 aromatic carbocycles. The van der Waals surface area contributed by atoms with Gasteiger partial charge in [-0.1, -0.05) is 5.10 Å². The molecule has 7 nitrogen and oxygen atoms in total. The average Bonchev–Trinajstić information content (AvgIpc) is 2.81. The van der Waals surface area contributed by atoms with Crippen molar-refractivity contribution in [1.29, 1.82) is 0 Å². The van der Waals surface area contributed by atoms with E-state index in [-0.39, 0.29) is 6.61 Å². The molecular weight excluding hydrogens is 220 g/mol. The van der Waals surface area contributed by atoms with Gasteiger partial charge >= 0.3 is 6.01 Å². The fourth-order valence-corrected chi connectivity index (χ4v) is 1.35. The quantitative estimate of drug-likeness (QED) is 0.649. The zero-order valence-electron chi connectivity index (χ0n) is 8.76. The molecule has 0 bridgehead atoms. The first-order valence-corrected chi connectivity index (χ1v) is 4.98. The van der Waals surface area contributed by atoms with Crippen LogP contribution in [-0.2, 0) is 6.61 Å². The summed E-state index contributed by atoms with van der Waals surface area (Å²) in [7, 11) is 0. The summed E-state index contributed by atoms with van der Waals surface area (Å²) in [5.74, 6) is 0.584. The Morgan fingerprint density at radius 1 is 1.06 bits per heavy atom. The second kappa shape index (κ2) is 4.12. The van der Waals surface area contributed by atoms with E-state index in [1.54, 1.807) is 36.8 Å². The van der Waals surface area contributed by atoms with Crippen LogP contribution in [0, 0.1) is 0 Å². The van der Waals surface area contributed by atoms with Gasteiger partial charge in [0.2, 0.25) is 0 Å². The molecule has 17 heavy (non-hydrogen) atoms. The normalized spacial score (nSPS) is 10.6. The van der Waals surface area contributed by atoms with Crippen molar-refractivity contribution in [2.24, 2.45) is 0 Å². The zero-order chi connectivity index (χ0) is 11.5. The second-order valence-corrected chi connectivity index (χ2v) is 3.23. The van der Waals surface area contributed by atoms with Gasteiger partial charge in [0.1, 0.15) is 0 Å². The lowest BCUT2D eigenvalue weighted by Crippen LogP contribution is -2.03. The van der Waals surface area contributed by atoms with Crippen LogP contribution in [0.4, 0.5) is 0 Å². The Hall–Kier alpha value is -2.57. The fourth-order valence-electron chi connectivity index (χ4n) is 1.35. The molecule has 0 unspecified atom stereocenters. The van der Waals surface area contributed by atoms with Crippen molar-refractivity contribution < 1.29 is 4.74 Å². The van der Waals surface area contributed by atoms with Crippen LogP contribution in [0.15, 0.2) is 36.8 Å². The lowest BCUT2D eigenvalue weighted by atomic mass is 10.6. The van der Waals surface area contributed by atoms with Crippen LogP contribution < -0.4 is 4.74 Å². The topological polar surface area (TPSA) is 78.1 Å². The molecule has 0 aliphatic rings. The van der Waals surface area contributed by atoms with Gasteiger partial charge in [-0.05, 0) is 18.2 Å². The van der Waals surface area contributed by atoms with E-state index in [4.69, 9.17) is 4.74 Å². The molecule has 7 heteroatoms. The molecule has 0 atom stereocenters. The number of fused-ring (bicyclic) bond motifs is 1. The Morgan fingerprint density at radius 3 is 2.82 bits per heavy atom. The third-order valence-electron chi connectivity index (χ3n) is 2.10. The number of aromatic nitrogens is 6. The highest BCUT2D eigenvalue weighted by Crippen LogP contribution is 2.08. The third-order valence-corrected chi connectivity index (χ3v) is 2.10. The van der Waals surface area contributed by atoms with Crippen LogP contribution in [0.5, 0.6) is 6.01 Å². The van der Waals surface area contributed by atoms with Crippen LogP contribution in [0.2, 0.25) is 0 Å². The SMILES string of the molecule is c1cnc(COc2nnc3cccnn23)nc1. The summed E-state index contributed by atoms with van der Waals surface area (Å²) in [5.41, 5.74) is 0.636. The van der Waals surface area contributed by atoms with E-state index in [0.717, 1.165) is 0 Å². The predicted octanol–water partition coefficient (Wildman–Crippen LogP) is 0.493. The summed E-state index contributed by atoms with van der Waals surface area (Å²) in [6.45, 7) is 0.234. The largest absolute Gasteiger partial charge is 0.454 e. The second-order valence-electron chi connectivity index (χ2n) is 3.23. The Balaban J connectivity index is 1.82. The molecule has 0 saturated carbocycles. The number of hydrogen-bond acceptors (Lipinski definition) is 6. The number of nitrogens with zero attached hydrogens (tertiary/aromatic N) is 6. The molecule has 0 spiro atoms. The van der Waals surface area contributed by atoms with Crippen LogP contribution in [-0.4, -0.2) is 29.8 Å². The molecule has 84 valence electrons. The number of hydrogen-bond donors (Lipinski definition) is 0. The molecule has 3 aromatic heterocycles. The summed E-state index contributed by atoms with van der Waals surface area (Å²) in [5, 5.41) is 11.9. The first kappa shape index (κ1) is 9.64. The van der Waals surface area contributed by atoms with Gasteiger partial charge in [0.15, 0.2) is 18.1 Å². The summed E-state index contributed by atoms with van der Waals surface area (Å²) < 4.78 is 6.96. The first-order chi connectivity index (χ1) is 8.43. The maximum atomic E-state index is 5.45. The molecule has 0 saturated heterocycles. The minimum absolute atomic E-state index is 0.234. The van der Waals surface area contributed by atoms with Crippen molar-refractivity contribution in [1.82, 2.24) is 29.8 Å². The zero-order valence-corrected chi connectivity index (χ0v) is 8.76. The van der Waals surface area contributed by atoms with Gasteiger partial charge in [0, 0.05) is 18.6 Å². The van der Waals surface area contributed by atoms with Crippen LogP contribution in [0.25, 0.3) is 5.65 Å². The van der Waals surface area contributed by atoms with Crippen molar-refractivity contribution >= 4 is 5.65 Å². The van der Waals surface area contributed by atoms with Crippen LogP contribution >= 0.6 is 0 Å². The van der Waals surface area contributed by atoms with E-state index >= 15 is 0 Å². The van der Waals surface area contributed by atoms with Crippen LogP contribution in [0.3, 0.4) is 0 Å². The Morgan fingerprint density at radius 2 is 1.94 bits per heavy atom. The summed E-state index contributed by atoms with van der Waals surface area (Å²) in [6.07, 6.45) is 4.96. The third kappa shape index (κ3) is 1.89. The Labute approximate surface area is 96.1 Å². The Bertz CT molecular complexity index is 623. The van der Waals surface area contributed by atoms with Gasteiger partial charge in [-0.2, -0.15) is 9.61 Å². The van der Waals surface area contributed by atoms with Crippen LogP contribution in [0.1, 0.15) is 5.82 Å². The Kier molecular flexibility index (Phi) is 2.34. The summed E-state index contributed by atoms with van der Waals surface area (Å²) in [4.78, 5) is 8.09. The van der Waals surface area contributed by atoms with E-state index in [1.807, 2.05) is 0 Å². The number of ether oxygens (including phenoxy) is 1. The highest BCUT2D eigenvalue weighted by atomic mass is 16.5. The monoisotopic (exact) mass is 228 g/mol. The lowest BCUT2D eigenvalue weighted by molar-refractivity contribution is 0.264. The van der Waals surface area contributed by atoms with E-state index in [0.29, 0.717) is 17.5 Å². The maximum Gasteiger partial charge on any atom is 0.339 e. The van der Waals surface area contributed by atoms with Gasteiger partial charge < -0.3 is 4.74 Å². The van der Waals surface area contributed by atoms with Gasteiger partial charge in [-0.15, -0.1) is 5.10 Å². The van der Waals surface area contributed by atoms with Gasteiger partial charge in [0.05, 0.1) is 0 Å².